The van der Waals surface area contributed by atoms with Gasteiger partial charge >= 0.3 is 0 Å². The van der Waals surface area contributed by atoms with Gasteiger partial charge < -0.3 is 5.73 Å². The quantitative estimate of drug-likeness (QED) is 0.838. The summed E-state index contributed by atoms with van der Waals surface area (Å²) in [6.45, 7) is 1.78. The van der Waals surface area contributed by atoms with Crippen molar-refractivity contribution in [1.82, 2.24) is 0 Å². The zero-order valence-corrected chi connectivity index (χ0v) is 11.2. The zero-order chi connectivity index (χ0) is 13.3. The second-order valence-corrected chi connectivity index (χ2v) is 6.93. The fourth-order valence-electron chi connectivity index (χ4n) is 2.22. The Bertz CT molecular complexity index is 576. The smallest absolute Gasteiger partial charge is 0.178 e. The summed E-state index contributed by atoms with van der Waals surface area (Å²) in [6, 6.07) is 4.67. The first-order valence-corrected chi connectivity index (χ1v) is 7.70. The number of carbonyl (C=O) groups excluding carboxylic acids is 1. The minimum atomic E-state index is -3.14. The maximum absolute atomic E-state index is 11.9. The van der Waals surface area contributed by atoms with Crippen LogP contribution >= 0.6 is 0 Å². The monoisotopic (exact) mass is 267 g/mol. The molecule has 5 heteroatoms. The van der Waals surface area contributed by atoms with Gasteiger partial charge in [0.2, 0.25) is 0 Å². The number of Topliss-reactive ketones (excluding diaryl/α,β-unsaturated/α-hetero) is 1. The van der Waals surface area contributed by atoms with Crippen LogP contribution in [0.25, 0.3) is 0 Å². The molecule has 0 aromatic heterocycles. The summed E-state index contributed by atoms with van der Waals surface area (Å²) in [7, 11) is -3.14. The molecule has 0 saturated heterocycles. The predicted octanol–water partition coefficient (Wildman–Crippen LogP) is 1.33. The number of carbonyl (C=O) groups is 1. The zero-order valence-electron chi connectivity index (χ0n) is 10.3. The van der Waals surface area contributed by atoms with Crippen molar-refractivity contribution in [2.75, 3.05) is 5.75 Å². The Morgan fingerprint density at radius 2 is 2.17 bits per heavy atom. The topological polar surface area (TPSA) is 77.2 Å². The summed E-state index contributed by atoms with van der Waals surface area (Å²) in [4.78, 5) is 12.3. The highest BCUT2D eigenvalue weighted by Gasteiger charge is 2.24. The Kier molecular flexibility index (Phi) is 3.54. The summed E-state index contributed by atoms with van der Waals surface area (Å²) < 4.78 is 23.7. The normalized spacial score (nSPS) is 19.0. The first-order valence-electron chi connectivity index (χ1n) is 6.04. The summed E-state index contributed by atoms with van der Waals surface area (Å²) in [5.41, 5.74) is 6.91. The van der Waals surface area contributed by atoms with Gasteiger partial charge in [0.05, 0.1) is 10.6 Å². The van der Waals surface area contributed by atoms with Crippen LogP contribution in [0.4, 0.5) is 0 Å². The number of benzene rings is 1. The third-order valence-electron chi connectivity index (χ3n) is 3.08. The standard InChI is InChI=1S/C13H17NO3S/c1-9(14)7-12(15)10-4-5-13-11(8-10)3-2-6-18(13,16)17/h4-5,8-9H,2-3,6-7,14H2,1H3. The van der Waals surface area contributed by atoms with Gasteiger partial charge in [0, 0.05) is 18.0 Å². The van der Waals surface area contributed by atoms with E-state index in [2.05, 4.69) is 0 Å². The predicted molar refractivity (Wildman–Crippen MR) is 69.4 cm³/mol. The van der Waals surface area contributed by atoms with Crippen LogP contribution in [0.3, 0.4) is 0 Å². The molecule has 0 spiro atoms. The number of fused-ring (bicyclic) bond motifs is 1. The van der Waals surface area contributed by atoms with Crippen molar-refractivity contribution in [3.8, 4) is 0 Å². The van der Waals surface area contributed by atoms with Gasteiger partial charge in [-0.3, -0.25) is 4.79 Å². The Morgan fingerprint density at radius 3 is 2.83 bits per heavy atom. The Morgan fingerprint density at radius 1 is 1.44 bits per heavy atom. The molecule has 1 heterocycles. The van der Waals surface area contributed by atoms with Crippen molar-refractivity contribution in [3.63, 3.8) is 0 Å². The third-order valence-corrected chi connectivity index (χ3v) is 4.98. The number of hydrogen-bond acceptors (Lipinski definition) is 4. The maximum atomic E-state index is 11.9. The van der Waals surface area contributed by atoms with Crippen molar-refractivity contribution < 1.29 is 13.2 Å². The van der Waals surface area contributed by atoms with E-state index in [0.29, 0.717) is 23.3 Å². The molecule has 0 aliphatic carbocycles. The number of rotatable bonds is 3. The molecule has 1 aromatic carbocycles. The van der Waals surface area contributed by atoms with Crippen LogP contribution in [-0.4, -0.2) is 26.0 Å². The van der Waals surface area contributed by atoms with Crippen LogP contribution in [0, 0.1) is 0 Å². The second kappa shape index (κ2) is 4.82. The molecule has 1 aliphatic rings. The van der Waals surface area contributed by atoms with Gasteiger partial charge in [0.1, 0.15) is 0 Å². The molecule has 0 amide bonds. The van der Waals surface area contributed by atoms with Gasteiger partial charge in [0.15, 0.2) is 15.6 Å². The molecule has 0 bridgehead atoms. The second-order valence-electron chi connectivity index (χ2n) is 4.85. The molecular formula is C13H17NO3S. The van der Waals surface area contributed by atoms with Crippen molar-refractivity contribution in [2.45, 2.75) is 37.1 Å². The Hall–Kier alpha value is -1.20. The molecule has 18 heavy (non-hydrogen) atoms. The summed E-state index contributed by atoms with van der Waals surface area (Å²) in [5.74, 6) is 0.170. The lowest BCUT2D eigenvalue weighted by Gasteiger charge is -2.17. The molecule has 1 unspecified atom stereocenters. The molecule has 1 aliphatic heterocycles. The number of nitrogens with two attached hydrogens (primary N) is 1. The SMILES string of the molecule is CC(N)CC(=O)c1ccc2c(c1)CCCS2(=O)=O. The Labute approximate surface area is 107 Å². The van der Waals surface area contributed by atoms with Crippen LogP contribution in [0.1, 0.15) is 35.7 Å². The number of aryl methyl sites for hydroxylation is 1. The average Bonchev–Trinajstić information content (AvgIpc) is 2.27. The summed E-state index contributed by atoms with van der Waals surface area (Å²) in [6.07, 6.45) is 1.62. The van der Waals surface area contributed by atoms with Crippen LogP contribution in [-0.2, 0) is 16.3 Å². The third kappa shape index (κ3) is 2.62. The van der Waals surface area contributed by atoms with E-state index in [-0.39, 0.29) is 24.0 Å². The first-order chi connectivity index (χ1) is 8.40. The molecule has 1 atom stereocenters. The molecule has 4 nitrogen and oxygen atoms in total. The fourth-order valence-corrected chi connectivity index (χ4v) is 3.80. The molecular weight excluding hydrogens is 250 g/mol. The molecule has 1 aromatic rings. The molecule has 2 rings (SSSR count). The van der Waals surface area contributed by atoms with Crippen molar-refractivity contribution in [3.05, 3.63) is 29.3 Å². The number of hydrogen-bond donors (Lipinski definition) is 1. The molecule has 2 N–H and O–H groups in total. The van der Waals surface area contributed by atoms with Gasteiger partial charge in [-0.25, -0.2) is 8.42 Å². The number of ketones is 1. The van der Waals surface area contributed by atoms with Crippen molar-refractivity contribution in [2.24, 2.45) is 5.73 Å². The van der Waals surface area contributed by atoms with E-state index in [9.17, 15) is 13.2 Å². The molecule has 0 fully saturated rings. The highest BCUT2D eigenvalue weighted by Crippen LogP contribution is 2.26. The van der Waals surface area contributed by atoms with Crippen molar-refractivity contribution in [1.29, 1.82) is 0 Å². The van der Waals surface area contributed by atoms with Gasteiger partial charge in [0.25, 0.3) is 0 Å². The first kappa shape index (κ1) is 13.2. The lowest BCUT2D eigenvalue weighted by molar-refractivity contribution is 0.0976. The van der Waals surface area contributed by atoms with Crippen LogP contribution in [0.15, 0.2) is 23.1 Å². The maximum Gasteiger partial charge on any atom is 0.178 e. The summed E-state index contributed by atoms with van der Waals surface area (Å²) in [5, 5.41) is 0. The Balaban J connectivity index is 2.36. The van der Waals surface area contributed by atoms with E-state index in [1.807, 2.05) is 0 Å². The largest absolute Gasteiger partial charge is 0.328 e. The van der Waals surface area contributed by atoms with E-state index in [0.717, 1.165) is 5.56 Å². The van der Waals surface area contributed by atoms with E-state index in [4.69, 9.17) is 5.73 Å². The molecule has 98 valence electrons. The van der Waals surface area contributed by atoms with E-state index >= 15 is 0 Å². The minimum Gasteiger partial charge on any atom is -0.328 e. The van der Waals surface area contributed by atoms with Gasteiger partial charge in [-0.15, -0.1) is 0 Å². The summed E-state index contributed by atoms with van der Waals surface area (Å²) >= 11 is 0. The van der Waals surface area contributed by atoms with Gasteiger partial charge in [-0.1, -0.05) is 6.07 Å². The van der Waals surface area contributed by atoms with Crippen LogP contribution < -0.4 is 5.73 Å². The van der Waals surface area contributed by atoms with Crippen LogP contribution in [0.5, 0.6) is 0 Å². The lowest BCUT2D eigenvalue weighted by Crippen LogP contribution is -2.20. The van der Waals surface area contributed by atoms with Gasteiger partial charge in [-0.05, 0) is 37.5 Å². The highest BCUT2D eigenvalue weighted by atomic mass is 32.2. The molecule has 0 radical (unpaired) electrons. The van der Waals surface area contributed by atoms with Gasteiger partial charge in [-0.2, -0.15) is 0 Å². The van der Waals surface area contributed by atoms with E-state index in [1.54, 1.807) is 25.1 Å². The molecule has 0 saturated carbocycles. The van der Waals surface area contributed by atoms with E-state index < -0.39 is 9.84 Å². The minimum absolute atomic E-state index is 0.0317. The lowest BCUT2D eigenvalue weighted by atomic mass is 10.0. The average molecular weight is 267 g/mol. The van der Waals surface area contributed by atoms with E-state index in [1.165, 1.54) is 0 Å². The van der Waals surface area contributed by atoms with Crippen molar-refractivity contribution >= 4 is 15.6 Å². The highest BCUT2D eigenvalue weighted by molar-refractivity contribution is 7.91. The fraction of sp³-hybridized carbons (Fsp3) is 0.462. The van der Waals surface area contributed by atoms with Crippen LogP contribution in [0.2, 0.25) is 0 Å². The number of sulfone groups is 1.